The Morgan fingerprint density at radius 1 is 1.59 bits per heavy atom. The number of alkyl halides is 1. The van der Waals surface area contributed by atoms with Gasteiger partial charge < -0.3 is 9.32 Å². The zero-order valence-electron chi connectivity index (χ0n) is 9.89. The Morgan fingerprint density at radius 3 is 3.00 bits per heavy atom. The number of hydrogen-bond acceptors (Lipinski definition) is 4. The largest absolute Gasteiger partial charge is 0.432 e. The summed E-state index contributed by atoms with van der Waals surface area (Å²) in [6.45, 7) is 2.16. The summed E-state index contributed by atoms with van der Waals surface area (Å²) in [7, 11) is 1.99. The molecule has 2 rings (SSSR count). The molecule has 2 heterocycles. The first-order valence-electron chi connectivity index (χ1n) is 5.46. The highest BCUT2D eigenvalue weighted by atomic mass is 35.5. The zero-order valence-corrected chi connectivity index (χ0v) is 11.5. The predicted octanol–water partition coefficient (Wildman–Crippen LogP) is 3.54. The van der Waals surface area contributed by atoms with Crippen molar-refractivity contribution in [3.8, 4) is 0 Å². The van der Waals surface area contributed by atoms with Crippen LogP contribution in [0.2, 0.25) is 0 Å². The molecule has 92 valence electrons. The third-order valence-corrected chi connectivity index (χ3v) is 3.89. The van der Waals surface area contributed by atoms with Gasteiger partial charge in [0.05, 0.1) is 11.6 Å². The molecule has 0 fully saturated rings. The highest BCUT2D eigenvalue weighted by molar-refractivity contribution is 7.09. The Labute approximate surface area is 110 Å². The number of halogens is 1. The highest BCUT2D eigenvalue weighted by Gasteiger charge is 2.15. The molecule has 5 heteroatoms. The van der Waals surface area contributed by atoms with Gasteiger partial charge in [0.15, 0.2) is 0 Å². The van der Waals surface area contributed by atoms with Crippen LogP contribution in [0.5, 0.6) is 0 Å². The van der Waals surface area contributed by atoms with E-state index < -0.39 is 0 Å². The molecule has 0 spiro atoms. The van der Waals surface area contributed by atoms with Crippen molar-refractivity contribution in [1.82, 2.24) is 4.98 Å². The molecule has 1 atom stereocenters. The number of oxazole rings is 1. The molecular weight excluding hydrogens is 256 g/mol. The van der Waals surface area contributed by atoms with Crippen LogP contribution in [-0.2, 0) is 12.3 Å². The normalized spacial score (nSPS) is 12.6. The van der Waals surface area contributed by atoms with Crippen LogP contribution < -0.4 is 4.90 Å². The fraction of sp³-hybridized carbons (Fsp3) is 0.417. The fourth-order valence-electron chi connectivity index (χ4n) is 1.57. The molecule has 1 unspecified atom stereocenters. The van der Waals surface area contributed by atoms with Gasteiger partial charge in [0.25, 0.3) is 6.01 Å². The molecule has 0 saturated carbocycles. The maximum absolute atomic E-state index is 5.70. The average molecular weight is 271 g/mol. The van der Waals surface area contributed by atoms with Gasteiger partial charge in [-0.05, 0) is 18.4 Å². The third kappa shape index (κ3) is 3.01. The van der Waals surface area contributed by atoms with Crippen molar-refractivity contribution in [2.24, 2.45) is 0 Å². The Balaban J connectivity index is 2.01. The molecule has 0 N–H and O–H groups in total. The highest BCUT2D eigenvalue weighted by Crippen LogP contribution is 2.19. The molecular formula is C12H15ClN2OS. The lowest BCUT2D eigenvalue weighted by Crippen LogP contribution is -2.30. The van der Waals surface area contributed by atoms with Gasteiger partial charge in [0.2, 0.25) is 0 Å². The van der Waals surface area contributed by atoms with Crippen LogP contribution >= 0.6 is 22.9 Å². The van der Waals surface area contributed by atoms with Crippen LogP contribution in [0.1, 0.15) is 17.5 Å². The number of nitrogens with zero attached hydrogens (tertiary/aromatic N) is 2. The van der Waals surface area contributed by atoms with E-state index >= 15 is 0 Å². The molecule has 0 saturated heterocycles. The Morgan fingerprint density at radius 2 is 2.41 bits per heavy atom. The SMILES string of the molecule is CC(Cc1cccs1)N(C)c1nc(CCl)co1. The zero-order chi connectivity index (χ0) is 12.3. The van der Waals surface area contributed by atoms with Crippen LogP contribution in [0, 0.1) is 0 Å². The summed E-state index contributed by atoms with van der Waals surface area (Å²) in [5.41, 5.74) is 0.775. The molecule has 0 amide bonds. The minimum atomic E-state index is 0.343. The second-order valence-electron chi connectivity index (χ2n) is 4.00. The second kappa shape index (κ2) is 5.56. The number of likely N-dealkylation sites (N-methyl/N-ethyl adjacent to an activating group) is 1. The number of hydrogen-bond donors (Lipinski definition) is 0. The average Bonchev–Trinajstić information content (AvgIpc) is 2.98. The van der Waals surface area contributed by atoms with E-state index in [-0.39, 0.29) is 0 Å². The van der Waals surface area contributed by atoms with E-state index in [9.17, 15) is 0 Å². The van der Waals surface area contributed by atoms with Crippen molar-refractivity contribution in [3.05, 3.63) is 34.3 Å². The summed E-state index contributed by atoms with van der Waals surface area (Å²) in [5.74, 6) is 0.386. The summed E-state index contributed by atoms with van der Waals surface area (Å²) < 4.78 is 5.39. The van der Waals surface area contributed by atoms with Crippen LogP contribution in [0.15, 0.2) is 28.2 Å². The van der Waals surface area contributed by atoms with Gasteiger partial charge in [-0.2, -0.15) is 4.98 Å². The molecule has 2 aromatic heterocycles. The maximum atomic E-state index is 5.70. The molecule has 0 bridgehead atoms. The summed E-state index contributed by atoms with van der Waals surface area (Å²) >= 11 is 7.48. The van der Waals surface area contributed by atoms with Gasteiger partial charge in [-0.1, -0.05) is 6.07 Å². The van der Waals surface area contributed by atoms with Crippen LogP contribution in [0.25, 0.3) is 0 Å². The van der Waals surface area contributed by atoms with E-state index in [0.29, 0.717) is 17.9 Å². The molecule has 17 heavy (non-hydrogen) atoms. The molecule has 0 aliphatic rings. The lowest BCUT2D eigenvalue weighted by molar-refractivity contribution is 0.520. The van der Waals surface area contributed by atoms with E-state index in [1.807, 2.05) is 11.9 Å². The summed E-state index contributed by atoms with van der Waals surface area (Å²) in [6.07, 6.45) is 2.60. The molecule has 0 aliphatic heterocycles. The molecule has 0 aromatic carbocycles. The van der Waals surface area contributed by atoms with Gasteiger partial charge >= 0.3 is 0 Å². The van der Waals surface area contributed by atoms with E-state index in [2.05, 4.69) is 29.4 Å². The van der Waals surface area contributed by atoms with Crippen molar-refractivity contribution in [1.29, 1.82) is 0 Å². The first-order chi connectivity index (χ1) is 8.20. The van der Waals surface area contributed by atoms with Crippen molar-refractivity contribution in [3.63, 3.8) is 0 Å². The van der Waals surface area contributed by atoms with E-state index in [1.54, 1.807) is 17.6 Å². The molecule has 0 aliphatic carbocycles. The van der Waals surface area contributed by atoms with Crippen LogP contribution in [0.4, 0.5) is 6.01 Å². The van der Waals surface area contributed by atoms with E-state index in [4.69, 9.17) is 16.0 Å². The standard InChI is InChI=1S/C12H15ClN2OS/c1-9(6-11-4-3-5-17-11)15(2)12-14-10(7-13)8-16-12/h3-5,8-9H,6-7H2,1-2H3. The Kier molecular flexibility index (Phi) is 4.07. The smallest absolute Gasteiger partial charge is 0.297 e. The minimum Gasteiger partial charge on any atom is -0.432 e. The van der Waals surface area contributed by atoms with Gasteiger partial charge in [-0.25, -0.2) is 0 Å². The molecule has 2 aromatic rings. The number of thiophene rings is 1. The second-order valence-corrected chi connectivity index (χ2v) is 5.30. The lowest BCUT2D eigenvalue weighted by atomic mass is 10.2. The first-order valence-corrected chi connectivity index (χ1v) is 6.87. The van der Waals surface area contributed by atoms with Crippen molar-refractivity contribution in [2.75, 3.05) is 11.9 Å². The number of anilines is 1. The van der Waals surface area contributed by atoms with Crippen LogP contribution in [-0.4, -0.2) is 18.1 Å². The fourth-order valence-corrected chi connectivity index (χ4v) is 2.51. The molecule has 0 radical (unpaired) electrons. The minimum absolute atomic E-state index is 0.343. The van der Waals surface area contributed by atoms with Gasteiger partial charge in [0, 0.05) is 24.4 Å². The summed E-state index contributed by atoms with van der Waals surface area (Å²) in [5, 5.41) is 2.10. The number of aromatic nitrogens is 1. The lowest BCUT2D eigenvalue weighted by Gasteiger charge is -2.22. The monoisotopic (exact) mass is 270 g/mol. The predicted molar refractivity (Wildman–Crippen MR) is 71.9 cm³/mol. The first kappa shape index (κ1) is 12.5. The molecule has 3 nitrogen and oxygen atoms in total. The van der Waals surface area contributed by atoms with Crippen molar-refractivity contribution >= 4 is 29.0 Å². The topological polar surface area (TPSA) is 29.3 Å². The maximum Gasteiger partial charge on any atom is 0.297 e. The summed E-state index contributed by atoms with van der Waals surface area (Å²) in [6, 6.07) is 5.19. The van der Waals surface area contributed by atoms with Crippen LogP contribution in [0.3, 0.4) is 0 Å². The van der Waals surface area contributed by atoms with Gasteiger partial charge in [-0.15, -0.1) is 22.9 Å². The van der Waals surface area contributed by atoms with Gasteiger partial charge in [-0.3, -0.25) is 0 Å². The quantitative estimate of drug-likeness (QED) is 0.778. The van der Waals surface area contributed by atoms with Crippen molar-refractivity contribution < 1.29 is 4.42 Å². The Bertz CT molecular complexity index is 455. The van der Waals surface area contributed by atoms with Crippen molar-refractivity contribution in [2.45, 2.75) is 25.3 Å². The summed E-state index contributed by atoms with van der Waals surface area (Å²) in [4.78, 5) is 7.72. The third-order valence-electron chi connectivity index (χ3n) is 2.72. The Hall–Kier alpha value is -1.00. The van der Waals surface area contributed by atoms with E-state index in [1.165, 1.54) is 4.88 Å². The number of rotatable bonds is 5. The van der Waals surface area contributed by atoms with Gasteiger partial charge in [0.1, 0.15) is 6.26 Å². The van der Waals surface area contributed by atoms with E-state index in [0.717, 1.165) is 12.1 Å².